The van der Waals surface area contributed by atoms with Gasteiger partial charge in [0.05, 0.1) is 0 Å². The zero-order valence-electron chi connectivity index (χ0n) is 10.9. The predicted octanol–water partition coefficient (Wildman–Crippen LogP) is 3.71. The molecule has 2 aromatic carbocycles. The molecule has 0 aliphatic rings. The highest BCUT2D eigenvalue weighted by atomic mass is 13.9. The van der Waals surface area contributed by atoms with Crippen molar-refractivity contribution in [2.24, 2.45) is 0 Å². The molecule has 2 aromatic rings. The fourth-order valence-corrected chi connectivity index (χ4v) is 1.60. The van der Waals surface area contributed by atoms with Crippen molar-refractivity contribution in [2.75, 3.05) is 0 Å². The third-order valence-electron chi connectivity index (χ3n) is 2.70. The average Bonchev–Trinajstić information content (AvgIpc) is 2.53. The van der Waals surface area contributed by atoms with Crippen molar-refractivity contribution < 1.29 is 0 Å². The van der Waals surface area contributed by atoms with E-state index in [1.165, 1.54) is 0 Å². The first-order valence-electron chi connectivity index (χ1n) is 6.13. The van der Waals surface area contributed by atoms with Crippen LogP contribution in [0, 0.1) is 36.5 Å². The molecule has 0 aliphatic heterocycles. The van der Waals surface area contributed by atoms with Crippen LogP contribution in [0.1, 0.15) is 22.3 Å². The highest BCUT2D eigenvalue weighted by Gasteiger charge is 1.88. The Morgan fingerprint density at radius 1 is 0.700 bits per heavy atom. The lowest BCUT2D eigenvalue weighted by Gasteiger charge is -1.92. The van der Waals surface area contributed by atoms with Crippen molar-refractivity contribution in [2.45, 2.75) is 0 Å². The van der Waals surface area contributed by atoms with Gasteiger partial charge in [-0.25, -0.2) is 0 Å². The van der Waals surface area contributed by atoms with Crippen LogP contribution in [0.4, 0.5) is 0 Å². The van der Waals surface area contributed by atoms with Crippen LogP contribution in [0.3, 0.4) is 0 Å². The molecule has 0 nitrogen and oxygen atoms in total. The van der Waals surface area contributed by atoms with Gasteiger partial charge in [-0.1, -0.05) is 35.8 Å². The molecule has 20 heavy (non-hydrogen) atoms. The van der Waals surface area contributed by atoms with E-state index in [1.54, 1.807) is 0 Å². The first-order chi connectivity index (χ1) is 9.81. The highest BCUT2D eigenvalue weighted by molar-refractivity contribution is 5.55. The summed E-state index contributed by atoms with van der Waals surface area (Å²) in [5.74, 6) is 11.2. The van der Waals surface area contributed by atoms with Gasteiger partial charge in [-0.15, -0.1) is 12.8 Å². The molecule has 0 unspecified atom stereocenters. The van der Waals surface area contributed by atoms with Gasteiger partial charge in [0.25, 0.3) is 0 Å². The smallest absolute Gasteiger partial charge is 0.0249 e. The van der Waals surface area contributed by atoms with Crippen LogP contribution < -0.4 is 0 Å². The minimum absolute atomic E-state index is 0.861. The molecule has 0 aliphatic carbocycles. The summed E-state index contributed by atoms with van der Waals surface area (Å²) < 4.78 is 0. The molecule has 0 fully saturated rings. The van der Waals surface area contributed by atoms with Gasteiger partial charge >= 0.3 is 0 Å². The van der Waals surface area contributed by atoms with Gasteiger partial charge in [0.15, 0.2) is 0 Å². The summed E-state index contributed by atoms with van der Waals surface area (Å²) in [7, 11) is 0. The highest BCUT2D eigenvalue weighted by Crippen LogP contribution is 2.05. The van der Waals surface area contributed by atoms with Crippen LogP contribution in [0.5, 0.6) is 0 Å². The zero-order chi connectivity index (χ0) is 14.2. The normalized spacial score (nSPS) is 9.30. The summed E-state index contributed by atoms with van der Waals surface area (Å²) in [4.78, 5) is 0. The maximum absolute atomic E-state index is 5.30. The first kappa shape index (κ1) is 13.3. The molecular formula is C20H12. The molecule has 0 saturated heterocycles. The van der Waals surface area contributed by atoms with Gasteiger partial charge in [-0.2, -0.15) is 0 Å². The number of terminal acetylenes is 2. The minimum Gasteiger partial charge on any atom is -0.115 e. The Balaban J connectivity index is 2.04. The molecule has 92 valence electrons. The van der Waals surface area contributed by atoms with Gasteiger partial charge in [0.2, 0.25) is 0 Å². The van der Waals surface area contributed by atoms with Crippen molar-refractivity contribution >= 4 is 6.08 Å². The number of hydrogen-bond donors (Lipinski definition) is 0. The van der Waals surface area contributed by atoms with Crippen LogP contribution in [0.2, 0.25) is 0 Å². The molecule has 0 atom stereocenters. The Morgan fingerprint density at radius 3 is 1.75 bits per heavy atom. The third kappa shape index (κ3) is 3.68. The van der Waals surface area contributed by atoms with Crippen molar-refractivity contribution in [3.05, 3.63) is 76.9 Å². The van der Waals surface area contributed by atoms with E-state index in [4.69, 9.17) is 12.8 Å². The molecule has 0 spiro atoms. The Hall–Kier alpha value is -3.14. The molecule has 0 saturated carbocycles. The summed E-state index contributed by atoms with van der Waals surface area (Å²) in [6.45, 7) is 0. The molecule has 0 bridgehead atoms. The van der Waals surface area contributed by atoms with E-state index in [2.05, 4.69) is 23.7 Å². The van der Waals surface area contributed by atoms with E-state index in [0.29, 0.717) is 0 Å². The minimum atomic E-state index is 0.861. The van der Waals surface area contributed by atoms with Crippen LogP contribution in [0.15, 0.2) is 54.6 Å². The molecule has 0 heteroatoms. The van der Waals surface area contributed by atoms with Gasteiger partial charge < -0.3 is 0 Å². The largest absolute Gasteiger partial charge is 0.115 e. The predicted molar refractivity (Wildman–Crippen MR) is 84.7 cm³/mol. The maximum atomic E-state index is 5.30. The summed E-state index contributed by atoms with van der Waals surface area (Å²) in [6.07, 6.45) is 14.4. The Morgan fingerprint density at radius 2 is 1.20 bits per heavy atom. The molecule has 0 radical (unpaired) electrons. The second kappa shape index (κ2) is 6.70. The summed E-state index contributed by atoms with van der Waals surface area (Å²) in [6, 6.07) is 15.3. The van der Waals surface area contributed by atoms with E-state index >= 15 is 0 Å². The Kier molecular flexibility index (Phi) is 4.46. The van der Waals surface area contributed by atoms with E-state index in [-0.39, 0.29) is 0 Å². The third-order valence-corrected chi connectivity index (χ3v) is 2.70. The number of hydrogen-bond acceptors (Lipinski definition) is 0. The molecular weight excluding hydrogens is 240 g/mol. The second-order valence-corrected chi connectivity index (χ2v) is 4.09. The SMILES string of the molecule is C#Cc1ccc(C#C/C=C/c2ccc(C#C)cc2)cc1. The van der Waals surface area contributed by atoms with Gasteiger partial charge in [-0.3, -0.25) is 0 Å². The topological polar surface area (TPSA) is 0 Å². The Labute approximate surface area is 120 Å². The standard InChI is InChI=1S/C20H12/c1-3-17-9-13-19(14-10-17)7-5-6-8-20-15-11-18(4-2)12-16-20/h1-2,5,7,9-16H/b7-5+. The fraction of sp³-hybridized carbons (Fsp3) is 0. The van der Waals surface area contributed by atoms with Gasteiger partial charge in [0.1, 0.15) is 0 Å². The van der Waals surface area contributed by atoms with Crippen molar-refractivity contribution in [1.29, 1.82) is 0 Å². The van der Waals surface area contributed by atoms with Crippen molar-refractivity contribution in [3.63, 3.8) is 0 Å². The summed E-state index contributed by atoms with van der Waals surface area (Å²) in [5, 5.41) is 0. The average molecular weight is 252 g/mol. The number of allylic oxidation sites excluding steroid dienone is 1. The molecule has 0 N–H and O–H groups in total. The van der Waals surface area contributed by atoms with Gasteiger partial charge in [0, 0.05) is 16.7 Å². The van der Waals surface area contributed by atoms with Crippen molar-refractivity contribution in [1.82, 2.24) is 0 Å². The van der Waals surface area contributed by atoms with Crippen LogP contribution in [-0.4, -0.2) is 0 Å². The van der Waals surface area contributed by atoms with E-state index < -0.39 is 0 Å². The lowest BCUT2D eigenvalue weighted by atomic mass is 10.1. The van der Waals surface area contributed by atoms with E-state index in [9.17, 15) is 0 Å². The van der Waals surface area contributed by atoms with Crippen LogP contribution in [-0.2, 0) is 0 Å². The lowest BCUT2D eigenvalue weighted by molar-refractivity contribution is 1.60. The van der Waals surface area contributed by atoms with E-state index in [0.717, 1.165) is 22.3 Å². The maximum Gasteiger partial charge on any atom is 0.0249 e. The van der Waals surface area contributed by atoms with E-state index in [1.807, 2.05) is 60.7 Å². The molecule has 0 aromatic heterocycles. The number of rotatable bonds is 1. The lowest BCUT2D eigenvalue weighted by Crippen LogP contribution is -1.76. The number of benzene rings is 2. The van der Waals surface area contributed by atoms with Crippen molar-refractivity contribution in [3.8, 4) is 36.5 Å². The molecule has 2 rings (SSSR count). The second-order valence-electron chi connectivity index (χ2n) is 4.09. The molecule has 0 amide bonds. The monoisotopic (exact) mass is 252 g/mol. The fourth-order valence-electron chi connectivity index (χ4n) is 1.60. The zero-order valence-corrected chi connectivity index (χ0v) is 10.9. The summed E-state index contributed by atoms with van der Waals surface area (Å²) >= 11 is 0. The van der Waals surface area contributed by atoms with Crippen LogP contribution >= 0.6 is 0 Å². The molecule has 0 heterocycles. The first-order valence-corrected chi connectivity index (χ1v) is 6.13. The van der Waals surface area contributed by atoms with Gasteiger partial charge in [-0.05, 0) is 54.1 Å². The summed E-state index contributed by atoms with van der Waals surface area (Å²) in [5.41, 5.74) is 3.75. The Bertz CT molecular complexity index is 747. The van der Waals surface area contributed by atoms with Crippen LogP contribution in [0.25, 0.3) is 6.08 Å². The quantitative estimate of drug-likeness (QED) is 0.679.